The van der Waals surface area contributed by atoms with E-state index < -0.39 is 8.07 Å². The minimum atomic E-state index is -1.43. The summed E-state index contributed by atoms with van der Waals surface area (Å²) in [6.07, 6.45) is 7.89. The number of hydrogen-bond donors (Lipinski definition) is 0. The van der Waals surface area contributed by atoms with Gasteiger partial charge < -0.3 is 9.47 Å². The highest BCUT2D eigenvalue weighted by Gasteiger charge is 2.52. The molecule has 100 valence electrons. The van der Waals surface area contributed by atoms with Crippen LogP contribution in [-0.2, 0) is 9.47 Å². The van der Waals surface area contributed by atoms with E-state index >= 15 is 0 Å². The molecule has 2 aliphatic heterocycles. The maximum atomic E-state index is 6.38. The van der Waals surface area contributed by atoms with Crippen molar-refractivity contribution in [3.05, 3.63) is 0 Å². The normalized spacial score (nSPS) is 36.5. The molecular weight excluding hydrogens is 244 g/mol. The van der Waals surface area contributed by atoms with E-state index in [0.717, 1.165) is 13.2 Å². The van der Waals surface area contributed by atoms with Crippen LogP contribution in [0.1, 0.15) is 38.5 Å². The van der Waals surface area contributed by atoms with Crippen LogP contribution in [0.4, 0.5) is 0 Å². The average molecular weight is 273 g/mol. The van der Waals surface area contributed by atoms with Gasteiger partial charge in [0.05, 0.1) is 15.2 Å². The molecule has 0 saturated carbocycles. The molecule has 0 aromatic carbocycles. The molecule has 0 aromatic heterocycles. The van der Waals surface area contributed by atoms with Crippen molar-refractivity contribution in [2.24, 2.45) is 0 Å². The fraction of sp³-hybridized carbons (Fsp3) is 1.00. The SMILES string of the molecule is C[SiH2]C1([Si](C)(C)C2CCCCO2)CCCCO1. The monoisotopic (exact) mass is 272 g/mol. The van der Waals surface area contributed by atoms with E-state index in [9.17, 15) is 0 Å². The summed E-state index contributed by atoms with van der Waals surface area (Å²) in [4.78, 5) is 0.327. The van der Waals surface area contributed by atoms with Gasteiger partial charge in [-0.2, -0.15) is 0 Å². The van der Waals surface area contributed by atoms with Gasteiger partial charge in [0.2, 0.25) is 0 Å². The minimum Gasteiger partial charge on any atom is -0.382 e. The summed E-state index contributed by atoms with van der Waals surface area (Å²) in [7, 11) is -1.56. The summed E-state index contributed by atoms with van der Waals surface area (Å²) < 4.78 is 12.5. The fourth-order valence-corrected chi connectivity index (χ4v) is 12.3. The van der Waals surface area contributed by atoms with Crippen LogP contribution in [0.3, 0.4) is 0 Å². The highest BCUT2D eigenvalue weighted by Crippen LogP contribution is 2.38. The molecule has 0 radical (unpaired) electrons. The topological polar surface area (TPSA) is 18.5 Å². The standard InChI is InChI=1S/C13H28O2Si2/c1-16-13(9-5-7-11-15-13)17(2,3)12-8-4-6-10-14-12/h12H,4-11,16H2,1-3H3. The first-order valence-corrected chi connectivity index (χ1v) is 12.6. The summed E-state index contributed by atoms with van der Waals surface area (Å²) in [6, 6.07) is 0. The molecule has 2 unspecified atom stereocenters. The lowest BCUT2D eigenvalue weighted by molar-refractivity contribution is 0.00756. The smallest absolute Gasteiger partial charge is 0.113 e. The molecular formula is C13H28O2Si2. The van der Waals surface area contributed by atoms with Gasteiger partial charge in [-0.3, -0.25) is 0 Å². The Kier molecular flexibility index (Phi) is 4.50. The lowest BCUT2D eigenvalue weighted by atomic mass is 10.2. The van der Waals surface area contributed by atoms with Crippen molar-refractivity contribution in [1.82, 2.24) is 0 Å². The third kappa shape index (κ3) is 2.55. The Balaban J connectivity index is 2.14. The molecule has 2 aliphatic rings. The summed E-state index contributed by atoms with van der Waals surface area (Å²) in [5.41, 5.74) is 0.557. The van der Waals surface area contributed by atoms with Gasteiger partial charge in [0.15, 0.2) is 0 Å². The van der Waals surface area contributed by atoms with Crippen LogP contribution in [-0.4, -0.2) is 41.4 Å². The summed E-state index contributed by atoms with van der Waals surface area (Å²) in [6.45, 7) is 9.50. The highest BCUT2D eigenvalue weighted by molar-refractivity contribution is 6.89. The fourth-order valence-electron chi connectivity index (χ4n) is 3.70. The van der Waals surface area contributed by atoms with Crippen LogP contribution >= 0.6 is 0 Å². The Hall–Kier alpha value is 0.354. The van der Waals surface area contributed by atoms with Gasteiger partial charge in [-0.25, -0.2) is 0 Å². The molecule has 0 bridgehead atoms. The summed E-state index contributed by atoms with van der Waals surface area (Å²) >= 11 is 0. The Morgan fingerprint density at radius 3 is 2.41 bits per heavy atom. The molecule has 2 saturated heterocycles. The minimum absolute atomic E-state index is 0.128. The van der Waals surface area contributed by atoms with Gasteiger partial charge in [-0.1, -0.05) is 19.6 Å². The molecule has 0 N–H and O–H groups in total. The van der Waals surface area contributed by atoms with Gasteiger partial charge in [-0.15, -0.1) is 0 Å². The van der Waals surface area contributed by atoms with E-state index in [1.807, 2.05) is 0 Å². The second-order valence-electron chi connectivity index (χ2n) is 6.23. The third-order valence-electron chi connectivity index (χ3n) is 5.08. The summed E-state index contributed by atoms with van der Waals surface area (Å²) in [5.74, 6) is 0. The highest BCUT2D eigenvalue weighted by atomic mass is 28.4. The van der Waals surface area contributed by atoms with Crippen LogP contribution in [0, 0.1) is 0 Å². The molecule has 0 aromatic rings. The second-order valence-corrected chi connectivity index (χ2v) is 13.8. The van der Waals surface area contributed by atoms with Crippen LogP contribution in [0.25, 0.3) is 0 Å². The Morgan fingerprint density at radius 2 is 1.88 bits per heavy atom. The average Bonchev–Trinajstić information content (AvgIpc) is 2.40. The van der Waals surface area contributed by atoms with Gasteiger partial charge >= 0.3 is 0 Å². The van der Waals surface area contributed by atoms with Crippen molar-refractivity contribution in [1.29, 1.82) is 0 Å². The Morgan fingerprint density at radius 1 is 1.12 bits per heavy atom. The van der Waals surface area contributed by atoms with Crippen molar-refractivity contribution in [2.45, 2.75) is 68.7 Å². The van der Waals surface area contributed by atoms with Crippen molar-refractivity contribution >= 4 is 17.6 Å². The quantitative estimate of drug-likeness (QED) is 0.735. The van der Waals surface area contributed by atoms with E-state index in [1.165, 1.54) is 38.5 Å². The van der Waals surface area contributed by atoms with Crippen LogP contribution in [0.15, 0.2) is 0 Å². The molecule has 4 heteroatoms. The molecule has 17 heavy (non-hydrogen) atoms. The predicted molar refractivity (Wildman–Crippen MR) is 78.0 cm³/mol. The van der Waals surface area contributed by atoms with E-state index in [4.69, 9.17) is 9.47 Å². The molecule has 0 spiro atoms. The van der Waals surface area contributed by atoms with E-state index in [1.54, 1.807) is 0 Å². The lowest BCUT2D eigenvalue weighted by Crippen LogP contribution is -2.67. The molecule has 0 aliphatic carbocycles. The van der Waals surface area contributed by atoms with E-state index in [0.29, 0.717) is 10.6 Å². The zero-order valence-electron chi connectivity index (χ0n) is 11.8. The van der Waals surface area contributed by atoms with Gasteiger partial charge in [0.25, 0.3) is 0 Å². The number of ether oxygens (including phenoxy) is 2. The molecule has 2 rings (SSSR count). The summed E-state index contributed by atoms with van der Waals surface area (Å²) in [5, 5.41) is 0. The maximum Gasteiger partial charge on any atom is 0.113 e. The zero-order chi connectivity index (χ0) is 12.4. The van der Waals surface area contributed by atoms with Crippen molar-refractivity contribution in [2.75, 3.05) is 13.2 Å². The second kappa shape index (κ2) is 5.55. The van der Waals surface area contributed by atoms with E-state index in [2.05, 4.69) is 19.6 Å². The van der Waals surface area contributed by atoms with Crippen molar-refractivity contribution < 1.29 is 9.47 Å². The zero-order valence-corrected chi connectivity index (χ0v) is 14.2. The van der Waals surface area contributed by atoms with Gasteiger partial charge in [-0.05, 0) is 38.5 Å². The van der Waals surface area contributed by atoms with Crippen LogP contribution in [0.2, 0.25) is 19.6 Å². The van der Waals surface area contributed by atoms with Crippen LogP contribution < -0.4 is 0 Å². The van der Waals surface area contributed by atoms with Crippen molar-refractivity contribution in [3.63, 3.8) is 0 Å². The molecule has 2 heterocycles. The Labute approximate surface area is 109 Å². The lowest BCUT2D eigenvalue weighted by Gasteiger charge is -2.51. The van der Waals surface area contributed by atoms with Gasteiger partial charge in [0, 0.05) is 18.1 Å². The Bertz CT molecular complexity index is 244. The van der Waals surface area contributed by atoms with Crippen molar-refractivity contribution in [3.8, 4) is 0 Å². The molecule has 2 atom stereocenters. The molecule has 0 amide bonds. The number of hydrogen-bond acceptors (Lipinski definition) is 2. The first-order chi connectivity index (χ1) is 8.12. The molecule has 2 nitrogen and oxygen atoms in total. The number of rotatable bonds is 3. The maximum absolute atomic E-state index is 6.38. The van der Waals surface area contributed by atoms with Crippen LogP contribution in [0.5, 0.6) is 0 Å². The molecule has 2 fully saturated rings. The first-order valence-electron chi connectivity index (χ1n) is 7.38. The largest absolute Gasteiger partial charge is 0.382 e. The first kappa shape index (κ1) is 13.8. The van der Waals surface area contributed by atoms with E-state index in [-0.39, 0.29) is 9.52 Å². The predicted octanol–water partition coefficient (Wildman–Crippen LogP) is 2.46. The van der Waals surface area contributed by atoms with Gasteiger partial charge in [0.1, 0.15) is 8.07 Å². The third-order valence-corrected chi connectivity index (χ3v) is 15.4.